The first-order valence-electron chi connectivity index (χ1n) is 9.68. The zero-order valence-corrected chi connectivity index (χ0v) is 16.9. The highest BCUT2D eigenvalue weighted by Gasteiger charge is 2.33. The third-order valence-corrected chi connectivity index (χ3v) is 4.82. The molecule has 0 saturated heterocycles. The van der Waals surface area contributed by atoms with Crippen molar-refractivity contribution in [3.05, 3.63) is 0 Å². The molecule has 2 N–H and O–H groups in total. The van der Waals surface area contributed by atoms with Crippen molar-refractivity contribution >= 4 is 11.9 Å². The highest BCUT2D eigenvalue weighted by atomic mass is 16.5. The second kappa shape index (κ2) is 11.3. The molecule has 0 bridgehead atoms. The average Bonchev–Trinajstić information content (AvgIpc) is 3.03. The highest BCUT2D eigenvalue weighted by molar-refractivity contribution is 5.84. The number of guanidine groups is 1. The Balaban J connectivity index is 2.64. The molecule has 1 fully saturated rings. The fraction of sp³-hybridized carbons (Fsp3) is 0.895. The van der Waals surface area contributed by atoms with Crippen LogP contribution in [0, 0.1) is 11.3 Å². The molecule has 0 aliphatic heterocycles. The van der Waals surface area contributed by atoms with Gasteiger partial charge in [-0.2, -0.15) is 0 Å². The Morgan fingerprint density at radius 3 is 2.48 bits per heavy atom. The zero-order valence-electron chi connectivity index (χ0n) is 16.9. The van der Waals surface area contributed by atoms with Crippen molar-refractivity contribution in [1.29, 1.82) is 0 Å². The molecule has 6 nitrogen and oxygen atoms in total. The highest BCUT2D eigenvalue weighted by Crippen LogP contribution is 2.40. The molecule has 0 heterocycles. The van der Waals surface area contributed by atoms with Crippen LogP contribution in [0.25, 0.3) is 0 Å². The molecule has 25 heavy (non-hydrogen) atoms. The van der Waals surface area contributed by atoms with Gasteiger partial charge in [0.15, 0.2) is 5.96 Å². The van der Waals surface area contributed by atoms with Crippen molar-refractivity contribution in [3.63, 3.8) is 0 Å². The Bertz CT molecular complexity index is 416. The standard InChI is InChI=1S/C19H38N4O2/c1-6-25-12-11-19(9-7-8-10-19)15-22-18(20-13-16(2)3)21-14-17(24)23(4)5/h16H,6-15H2,1-5H3,(H2,20,21,22). The maximum absolute atomic E-state index is 11.8. The van der Waals surface area contributed by atoms with Crippen molar-refractivity contribution < 1.29 is 9.53 Å². The summed E-state index contributed by atoms with van der Waals surface area (Å²) in [5, 5.41) is 6.85. The summed E-state index contributed by atoms with van der Waals surface area (Å²) in [6.45, 7) is 9.87. The maximum atomic E-state index is 11.8. The Labute approximate surface area is 153 Å². The van der Waals surface area contributed by atoms with Gasteiger partial charge in [0, 0.05) is 40.4 Å². The lowest BCUT2D eigenvalue weighted by molar-refractivity contribution is -0.127. The van der Waals surface area contributed by atoms with E-state index in [2.05, 4.69) is 29.5 Å². The van der Waals surface area contributed by atoms with E-state index in [0.29, 0.717) is 11.3 Å². The second-order valence-electron chi connectivity index (χ2n) is 7.74. The molecule has 146 valence electrons. The molecule has 0 aromatic carbocycles. The summed E-state index contributed by atoms with van der Waals surface area (Å²) in [6.07, 6.45) is 6.14. The fourth-order valence-corrected chi connectivity index (χ4v) is 3.11. The van der Waals surface area contributed by atoms with E-state index in [-0.39, 0.29) is 12.5 Å². The molecule has 0 atom stereocenters. The number of nitrogens with zero attached hydrogens (tertiary/aromatic N) is 2. The topological polar surface area (TPSA) is 66.0 Å². The van der Waals surface area contributed by atoms with E-state index < -0.39 is 0 Å². The summed E-state index contributed by atoms with van der Waals surface area (Å²) in [6, 6.07) is 0. The smallest absolute Gasteiger partial charge is 0.243 e. The lowest BCUT2D eigenvalue weighted by Gasteiger charge is -2.30. The number of likely N-dealkylation sites (N-methyl/N-ethyl adjacent to an activating group) is 1. The van der Waals surface area contributed by atoms with Crippen LogP contribution in [0.4, 0.5) is 0 Å². The molecule has 0 spiro atoms. The van der Waals surface area contributed by atoms with Gasteiger partial charge >= 0.3 is 0 Å². The van der Waals surface area contributed by atoms with Crippen LogP contribution in [-0.2, 0) is 9.53 Å². The number of carbonyl (C=O) groups is 1. The van der Waals surface area contributed by atoms with Gasteiger partial charge in [-0.05, 0) is 37.5 Å². The number of ether oxygens (including phenoxy) is 1. The summed E-state index contributed by atoms with van der Waals surface area (Å²) < 4.78 is 5.59. The van der Waals surface area contributed by atoms with Crippen molar-refractivity contribution in [3.8, 4) is 0 Å². The van der Waals surface area contributed by atoms with Gasteiger partial charge in [0.25, 0.3) is 0 Å². The normalized spacial score (nSPS) is 17.0. The molecule has 0 unspecified atom stereocenters. The van der Waals surface area contributed by atoms with Gasteiger partial charge in [-0.25, -0.2) is 4.99 Å². The molecule has 6 heteroatoms. The molecular weight excluding hydrogens is 316 g/mol. The van der Waals surface area contributed by atoms with E-state index in [1.54, 1.807) is 19.0 Å². The number of aliphatic imine (C=N–C) groups is 1. The minimum absolute atomic E-state index is 0.0116. The SMILES string of the molecule is CCOCCC1(CNC(=NCC(=O)N(C)C)NCC(C)C)CCCC1. The molecule has 1 aliphatic rings. The Kier molecular flexibility index (Phi) is 9.86. The minimum atomic E-state index is 0.0116. The van der Waals surface area contributed by atoms with Crippen molar-refractivity contribution in [2.24, 2.45) is 16.3 Å². The summed E-state index contributed by atoms with van der Waals surface area (Å²) in [5.41, 5.74) is 0.293. The van der Waals surface area contributed by atoms with Gasteiger partial charge < -0.3 is 20.3 Å². The van der Waals surface area contributed by atoms with Gasteiger partial charge in [0.1, 0.15) is 6.54 Å². The van der Waals surface area contributed by atoms with Gasteiger partial charge in [-0.15, -0.1) is 0 Å². The number of hydrogen-bond acceptors (Lipinski definition) is 3. The Hall–Kier alpha value is -1.30. The third kappa shape index (κ3) is 8.56. The van der Waals surface area contributed by atoms with E-state index in [9.17, 15) is 4.79 Å². The lowest BCUT2D eigenvalue weighted by atomic mass is 9.83. The lowest BCUT2D eigenvalue weighted by Crippen LogP contribution is -2.45. The van der Waals surface area contributed by atoms with E-state index in [4.69, 9.17) is 4.74 Å². The first-order chi connectivity index (χ1) is 11.9. The summed E-state index contributed by atoms with van der Waals surface area (Å²) in [5.74, 6) is 1.28. The van der Waals surface area contributed by atoms with Crippen LogP contribution in [0.3, 0.4) is 0 Å². The van der Waals surface area contributed by atoms with Crippen LogP contribution in [0.2, 0.25) is 0 Å². The largest absolute Gasteiger partial charge is 0.382 e. The molecule has 1 aliphatic carbocycles. The molecular formula is C19H38N4O2. The predicted octanol–water partition coefficient (Wildman–Crippen LogP) is 2.25. The van der Waals surface area contributed by atoms with Crippen LogP contribution < -0.4 is 10.6 Å². The molecule has 0 radical (unpaired) electrons. The number of carbonyl (C=O) groups excluding carboxylic acids is 1. The van der Waals surface area contributed by atoms with E-state index in [1.807, 2.05) is 6.92 Å². The van der Waals surface area contributed by atoms with Crippen LogP contribution in [0.5, 0.6) is 0 Å². The number of amides is 1. The van der Waals surface area contributed by atoms with Gasteiger partial charge in [0.05, 0.1) is 0 Å². The van der Waals surface area contributed by atoms with Crippen molar-refractivity contribution in [1.82, 2.24) is 15.5 Å². The van der Waals surface area contributed by atoms with E-state index >= 15 is 0 Å². The summed E-state index contributed by atoms with van der Waals surface area (Å²) in [7, 11) is 3.52. The van der Waals surface area contributed by atoms with Crippen LogP contribution in [-0.4, -0.2) is 63.7 Å². The third-order valence-electron chi connectivity index (χ3n) is 4.82. The Morgan fingerprint density at radius 1 is 1.24 bits per heavy atom. The number of nitrogens with one attached hydrogen (secondary N) is 2. The molecule has 1 amide bonds. The van der Waals surface area contributed by atoms with Gasteiger partial charge in [0.2, 0.25) is 5.91 Å². The number of hydrogen-bond donors (Lipinski definition) is 2. The van der Waals surface area contributed by atoms with Crippen LogP contribution in [0.15, 0.2) is 4.99 Å². The van der Waals surface area contributed by atoms with Crippen molar-refractivity contribution in [2.75, 3.05) is 46.9 Å². The van der Waals surface area contributed by atoms with Crippen LogP contribution in [0.1, 0.15) is 52.9 Å². The van der Waals surface area contributed by atoms with Gasteiger partial charge in [-0.3, -0.25) is 4.79 Å². The van der Waals surface area contributed by atoms with E-state index in [1.165, 1.54) is 25.7 Å². The maximum Gasteiger partial charge on any atom is 0.243 e. The minimum Gasteiger partial charge on any atom is -0.382 e. The predicted molar refractivity (Wildman–Crippen MR) is 104 cm³/mol. The summed E-state index contributed by atoms with van der Waals surface area (Å²) >= 11 is 0. The quantitative estimate of drug-likeness (QED) is 0.359. The molecule has 1 rings (SSSR count). The molecule has 0 aromatic heterocycles. The first-order valence-corrected chi connectivity index (χ1v) is 9.68. The van der Waals surface area contributed by atoms with Crippen LogP contribution >= 0.6 is 0 Å². The second-order valence-corrected chi connectivity index (χ2v) is 7.74. The fourth-order valence-electron chi connectivity index (χ4n) is 3.11. The average molecular weight is 355 g/mol. The van der Waals surface area contributed by atoms with Gasteiger partial charge in [-0.1, -0.05) is 26.7 Å². The first kappa shape index (κ1) is 21.7. The van der Waals surface area contributed by atoms with E-state index in [0.717, 1.165) is 38.7 Å². The van der Waals surface area contributed by atoms with Crippen molar-refractivity contribution in [2.45, 2.75) is 52.9 Å². The molecule has 1 saturated carbocycles. The zero-order chi connectivity index (χ0) is 18.7. The monoisotopic (exact) mass is 354 g/mol. The Morgan fingerprint density at radius 2 is 1.92 bits per heavy atom. The number of rotatable bonds is 10. The summed E-state index contributed by atoms with van der Waals surface area (Å²) in [4.78, 5) is 17.9. The molecule has 0 aromatic rings.